The summed E-state index contributed by atoms with van der Waals surface area (Å²) < 4.78 is 57.6. The van der Waals surface area contributed by atoms with Crippen molar-refractivity contribution in [3.63, 3.8) is 0 Å². The van der Waals surface area contributed by atoms with Gasteiger partial charge in [-0.1, -0.05) is 31.4 Å². The average molecular weight is 590 g/mol. The Kier molecular flexibility index (Phi) is 9.01. The van der Waals surface area contributed by atoms with Crippen molar-refractivity contribution in [2.24, 2.45) is 7.05 Å². The standard InChI is InChI=1S/C29H30F3N3O5S/c1-5-6-7-8-18(3)40-26(37)16-39-22-11-9-17(2)13-20(22)27-21-14-19(10-12-23(21)41-33-27)35-25(36)15-24(29(30,31)32)34(4)28(35)38/h9-15,18H,5-8,16H2,1-4H3. The minimum atomic E-state index is -4.86. The molecule has 0 radical (unpaired) electrons. The molecular formula is C29H30F3N3O5S. The molecule has 218 valence electrons. The van der Waals surface area contributed by atoms with E-state index in [9.17, 15) is 27.6 Å². The molecular weight excluding hydrogens is 559 g/mol. The number of ether oxygens (including phenoxy) is 2. The van der Waals surface area contributed by atoms with E-state index in [0.717, 1.165) is 38.3 Å². The van der Waals surface area contributed by atoms with Crippen molar-refractivity contribution in [2.75, 3.05) is 6.61 Å². The molecule has 0 aliphatic carbocycles. The van der Waals surface area contributed by atoms with Gasteiger partial charge in [-0.3, -0.25) is 9.36 Å². The van der Waals surface area contributed by atoms with Gasteiger partial charge in [0.05, 0.1) is 22.2 Å². The minimum Gasteiger partial charge on any atom is -0.481 e. The first-order chi connectivity index (χ1) is 19.4. The van der Waals surface area contributed by atoms with E-state index in [-0.39, 0.29) is 18.4 Å². The lowest BCUT2D eigenvalue weighted by Crippen LogP contribution is -2.40. The summed E-state index contributed by atoms with van der Waals surface area (Å²) in [6, 6.07) is 10.4. The number of carbonyl (C=O) groups excluding carboxylic acids is 1. The normalized spacial score (nSPS) is 12.5. The quantitative estimate of drug-likeness (QED) is 0.166. The van der Waals surface area contributed by atoms with Gasteiger partial charge in [-0.2, -0.15) is 17.5 Å². The van der Waals surface area contributed by atoms with E-state index in [4.69, 9.17) is 9.47 Å². The number of benzene rings is 2. The van der Waals surface area contributed by atoms with Gasteiger partial charge < -0.3 is 9.47 Å². The Morgan fingerprint density at radius 1 is 1.10 bits per heavy atom. The van der Waals surface area contributed by atoms with Gasteiger partial charge in [0.25, 0.3) is 5.56 Å². The van der Waals surface area contributed by atoms with Crippen LogP contribution in [0.1, 0.15) is 50.8 Å². The number of alkyl halides is 3. The number of esters is 1. The number of nitrogens with zero attached hydrogens (tertiary/aromatic N) is 3. The van der Waals surface area contributed by atoms with Crippen molar-refractivity contribution >= 4 is 27.6 Å². The summed E-state index contributed by atoms with van der Waals surface area (Å²) in [6.07, 6.45) is -1.20. The molecule has 0 fully saturated rings. The van der Waals surface area contributed by atoms with Crippen molar-refractivity contribution in [1.82, 2.24) is 13.5 Å². The molecule has 0 saturated heterocycles. The lowest BCUT2D eigenvalue weighted by molar-refractivity contribution is -0.151. The molecule has 12 heteroatoms. The molecule has 0 bridgehead atoms. The van der Waals surface area contributed by atoms with Gasteiger partial charge in [0.15, 0.2) is 6.61 Å². The lowest BCUT2D eigenvalue weighted by Gasteiger charge is -2.15. The van der Waals surface area contributed by atoms with Gasteiger partial charge in [0.1, 0.15) is 11.4 Å². The fourth-order valence-electron chi connectivity index (χ4n) is 4.49. The first-order valence-corrected chi connectivity index (χ1v) is 13.9. The van der Waals surface area contributed by atoms with Crippen LogP contribution in [0.4, 0.5) is 13.2 Å². The van der Waals surface area contributed by atoms with E-state index in [0.29, 0.717) is 42.3 Å². The third-order valence-corrected chi connectivity index (χ3v) is 7.43. The molecule has 8 nitrogen and oxygen atoms in total. The molecule has 0 amide bonds. The summed E-state index contributed by atoms with van der Waals surface area (Å²) in [5.41, 5.74) is -1.53. The van der Waals surface area contributed by atoms with Crippen LogP contribution in [-0.4, -0.2) is 32.2 Å². The monoisotopic (exact) mass is 589 g/mol. The highest BCUT2D eigenvalue weighted by Gasteiger charge is 2.35. The molecule has 0 saturated carbocycles. The van der Waals surface area contributed by atoms with Crippen LogP contribution in [0, 0.1) is 6.92 Å². The molecule has 2 heterocycles. The molecule has 4 rings (SSSR count). The van der Waals surface area contributed by atoms with Crippen molar-refractivity contribution < 1.29 is 27.4 Å². The second-order valence-electron chi connectivity index (χ2n) is 9.84. The molecule has 4 aromatic rings. The zero-order valence-electron chi connectivity index (χ0n) is 23.1. The first-order valence-electron chi connectivity index (χ1n) is 13.1. The maximum absolute atomic E-state index is 13.3. The third kappa shape index (κ3) is 6.70. The van der Waals surface area contributed by atoms with E-state index in [1.807, 2.05) is 26.0 Å². The lowest BCUT2D eigenvalue weighted by atomic mass is 10.0. The number of rotatable bonds is 10. The molecule has 1 atom stereocenters. The van der Waals surface area contributed by atoms with Crippen LogP contribution in [-0.2, 0) is 22.8 Å². The Labute approximate surface area is 238 Å². The summed E-state index contributed by atoms with van der Waals surface area (Å²) in [7, 11) is 0.963. The zero-order chi connectivity index (χ0) is 29.9. The van der Waals surface area contributed by atoms with E-state index in [1.54, 1.807) is 12.1 Å². The number of carbonyl (C=O) groups is 1. The highest BCUT2D eigenvalue weighted by atomic mass is 32.1. The molecule has 0 aliphatic rings. The van der Waals surface area contributed by atoms with Gasteiger partial charge in [-0.25, -0.2) is 14.2 Å². The maximum Gasteiger partial charge on any atom is 0.431 e. The third-order valence-electron chi connectivity index (χ3n) is 6.60. The number of hydrogen-bond acceptors (Lipinski definition) is 7. The van der Waals surface area contributed by atoms with Crippen LogP contribution >= 0.6 is 11.5 Å². The average Bonchev–Trinajstić information content (AvgIpc) is 3.33. The molecule has 0 spiro atoms. The number of unbranched alkanes of at least 4 members (excludes halogenated alkanes) is 2. The maximum atomic E-state index is 13.3. The Bertz CT molecular complexity index is 1690. The number of hydrogen-bond donors (Lipinski definition) is 0. The molecule has 2 aromatic heterocycles. The largest absolute Gasteiger partial charge is 0.481 e. The SMILES string of the molecule is CCCCCC(C)OC(=O)COc1ccc(C)cc1-c1nsc2ccc(-n3c(=O)cc(C(F)(F)F)n(C)c3=O)cc12. The predicted octanol–water partition coefficient (Wildman–Crippen LogP) is 6.03. The topological polar surface area (TPSA) is 92.4 Å². The number of halogens is 3. The zero-order valence-corrected chi connectivity index (χ0v) is 23.9. The van der Waals surface area contributed by atoms with Crippen molar-refractivity contribution in [2.45, 2.75) is 58.7 Å². The number of aromatic nitrogens is 3. The Morgan fingerprint density at radius 3 is 2.56 bits per heavy atom. The van der Waals surface area contributed by atoms with Gasteiger partial charge in [0, 0.05) is 24.1 Å². The predicted molar refractivity (Wildman–Crippen MR) is 151 cm³/mol. The van der Waals surface area contributed by atoms with Gasteiger partial charge in [-0.15, -0.1) is 0 Å². The fourth-order valence-corrected chi connectivity index (χ4v) is 5.26. The van der Waals surface area contributed by atoms with E-state index in [2.05, 4.69) is 11.3 Å². The van der Waals surface area contributed by atoms with Crippen molar-refractivity contribution in [3.8, 4) is 22.7 Å². The smallest absolute Gasteiger partial charge is 0.431 e. The van der Waals surface area contributed by atoms with E-state index in [1.165, 1.54) is 23.7 Å². The van der Waals surface area contributed by atoms with Crippen LogP contribution in [0.2, 0.25) is 0 Å². The number of fused-ring (bicyclic) bond motifs is 1. The van der Waals surface area contributed by atoms with Crippen molar-refractivity contribution in [3.05, 3.63) is 74.6 Å². The van der Waals surface area contributed by atoms with Crippen molar-refractivity contribution in [1.29, 1.82) is 0 Å². The summed E-state index contributed by atoms with van der Waals surface area (Å²) >= 11 is 1.17. The van der Waals surface area contributed by atoms with E-state index < -0.39 is 29.1 Å². The van der Waals surface area contributed by atoms with Crippen LogP contribution in [0.3, 0.4) is 0 Å². The Morgan fingerprint density at radius 2 is 1.85 bits per heavy atom. The van der Waals surface area contributed by atoms with E-state index >= 15 is 0 Å². The molecule has 0 N–H and O–H groups in total. The molecule has 2 aromatic carbocycles. The van der Waals surface area contributed by atoms with Crippen LogP contribution in [0.25, 0.3) is 27.0 Å². The summed E-state index contributed by atoms with van der Waals surface area (Å²) in [4.78, 5) is 37.9. The fraction of sp³-hybridized carbons (Fsp3) is 0.379. The van der Waals surface area contributed by atoms with Gasteiger partial charge in [-0.05, 0) is 68.6 Å². The molecule has 0 aliphatic heterocycles. The van der Waals surface area contributed by atoms with Crippen LogP contribution in [0.5, 0.6) is 5.75 Å². The van der Waals surface area contributed by atoms with Gasteiger partial charge >= 0.3 is 17.8 Å². The Balaban J connectivity index is 1.68. The summed E-state index contributed by atoms with van der Waals surface area (Å²) in [5.74, 6) is -0.116. The second kappa shape index (κ2) is 12.3. The highest BCUT2D eigenvalue weighted by Crippen LogP contribution is 2.37. The van der Waals surface area contributed by atoms with Crippen LogP contribution in [0.15, 0.2) is 52.1 Å². The summed E-state index contributed by atoms with van der Waals surface area (Å²) in [5, 5.41) is 0.559. The number of aryl methyl sites for hydroxylation is 1. The summed E-state index contributed by atoms with van der Waals surface area (Å²) in [6.45, 7) is 5.52. The second-order valence-corrected chi connectivity index (χ2v) is 10.6. The minimum absolute atomic E-state index is 0.0917. The first kappa shape index (κ1) is 30.0. The van der Waals surface area contributed by atoms with Gasteiger partial charge in [0.2, 0.25) is 0 Å². The molecule has 41 heavy (non-hydrogen) atoms. The highest BCUT2D eigenvalue weighted by molar-refractivity contribution is 7.13. The molecule has 1 unspecified atom stereocenters. The van der Waals surface area contributed by atoms with Crippen LogP contribution < -0.4 is 16.0 Å². The Hall–Kier alpha value is -3.93.